The first kappa shape index (κ1) is 41.6. The summed E-state index contributed by atoms with van der Waals surface area (Å²) >= 11 is 0. The number of carbonyl (C=O) groups is 6. The van der Waals surface area contributed by atoms with Crippen LogP contribution < -0.4 is 26.2 Å². The van der Waals surface area contributed by atoms with Crippen LogP contribution in [-0.4, -0.2) is 117 Å². The van der Waals surface area contributed by atoms with Gasteiger partial charge >= 0.3 is 6.03 Å². The molecule has 0 saturated carbocycles. The van der Waals surface area contributed by atoms with Gasteiger partial charge in [0.25, 0.3) is 18.2 Å². The largest absolute Gasteiger partial charge is 0.381 e. The lowest BCUT2D eigenvalue weighted by Gasteiger charge is -2.33. The molecule has 5 aliphatic rings. The number of hydrogen-bond donors (Lipinski definition) is 4. The molecule has 0 bridgehead atoms. The Morgan fingerprint density at radius 3 is 2.56 bits per heavy atom. The first-order valence-corrected chi connectivity index (χ1v) is 21.2. The fourth-order valence-electron chi connectivity index (χ4n) is 9.27. The minimum absolute atomic E-state index is 0.0120. The third-order valence-corrected chi connectivity index (χ3v) is 12.5. The number of aromatic nitrogens is 4. The lowest BCUT2D eigenvalue weighted by molar-refractivity contribution is -0.136. The molecule has 20 heteroatoms. The number of alkyl halides is 2. The molecule has 1 unspecified atom stereocenters. The maximum atomic E-state index is 15.0. The van der Waals surface area contributed by atoms with Crippen molar-refractivity contribution in [3.63, 3.8) is 0 Å². The van der Waals surface area contributed by atoms with Gasteiger partial charge in [0.1, 0.15) is 6.04 Å². The summed E-state index contributed by atoms with van der Waals surface area (Å²) in [4.78, 5) is 80.3. The second-order valence-corrected chi connectivity index (χ2v) is 16.3. The highest BCUT2D eigenvalue weighted by Gasteiger charge is 2.45. The van der Waals surface area contributed by atoms with E-state index < -0.39 is 36.1 Å². The normalized spacial score (nSPS) is 18.9. The molecule has 330 valence electrons. The predicted octanol–water partition coefficient (Wildman–Crippen LogP) is 3.45. The Hall–Kier alpha value is -6.70. The Kier molecular flexibility index (Phi) is 11.4. The Labute approximate surface area is 360 Å². The molecule has 2 fully saturated rings. The first-order chi connectivity index (χ1) is 30.5. The van der Waals surface area contributed by atoms with E-state index in [2.05, 4.69) is 31.0 Å². The van der Waals surface area contributed by atoms with Crippen LogP contribution >= 0.6 is 0 Å². The van der Waals surface area contributed by atoms with Gasteiger partial charge in [-0.1, -0.05) is 0 Å². The molecule has 1 atom stereocenters. The van der Waals surface area contributed by atoms with Crippen molar-refractivity contribution in [3.8, 4) is 11.1 Å². The molecule has 0 spiro atoms. The van der Waals surface area contributed by atoms with Crippen molar-refractivity contribution >= 4 is 52.8 Å². The third-order valence-electron chi connectivity index (χ3n) is 12.5. The smallest absolute Gasteiger partial charge is 0.317 e. The van der Waals surface area contributed by atoms with Gasteiger partial charge in [-0.15, -0.1) is 0 Å². The number of imide groups is 2. The summed E-state index contributed by atoms with van der Waals surface area (Å²) in [5.74, 6) is -2.11. The Morgan fingerprint density at radius 2 is 1.78 bits per heavy atom. The number of urea groups is 1. The topological polar surface area (TPSA) is 205 Å². The zero-order chi connectivity index (χ0) is 43.9. The van der Waals surface area contributed by atoms with Crippen LogP contribution in [-0.2, 0) is 45.1 Å². The maximum Gasteiger partial charge on any atom is 0.317 e. The average molecular weight is 868 g/mol. The lowest BCUT2D eigenvalue weighted by Crippen LogP contribution is -2.54. The molecule has 2 aromatic carbocycles. The van der Waals surface area contributed by atoms with Gasteiger partial charge in [-0.2, -0.15) is 10.2 Å². The van der Waals surface area contributed by atoms with Crippen molar-refractivity contribution in [1.82, 2.24) is 45.3 Å². The van der Waals surface area contributed by atoms with Gasteiger partial charge in [-0.3, -0.25) is 43.6 Å². The molecule has 0 radical (unpaired) electrons. The Morgan fingerprint density at radius 1 is 0.968 bits per heavy atom. The van der Waals surface area contributed by atoms with E-state index in [-0.39, 0.29) is 67.1 Å². The van der Waals surface area contributed by atoms with Crippen LogP contribution in [0.15, 0.2) is 42.7 Å². The van der Waals surface area contributed by atoms with Crippen molar-refractivity contribution in [2.24, 2.45) is 0 Å². The molecule has 4 N–H and O–H groups in total. The number of hydrogen-bond acceptors (Lipinski definition) is 11. The number of nitrogens with zero attached hydrogens (tertiary/aromatic N) is 7. The van der Waals surface area contributed by atoms with Gasteiger partial charge in [0.05, 0.1) is 43.0 Å². The lowest BCUT2D eigenvalue weighted by atomic mass is 9.92. The highest BCUT2D eigenvalue weighted by Crippen LogP contribution is 2.44. The molecule has 4 aromatic rings. The average Bonchev–Trinajstić information content (AvgIpc) is 3.99. The number of nitrogens with one attached hydrogen (secondary N) is 4. The zero-order valence-corrected chi connectivity index (χ0v) is 34.6. The van der Waals surface area contributed by atoms with Crippen molar-refractivity contribution in [2.75, 3.05) is 56.7 Å². The number of anilines is 3. The highest BCUT2D eigenvalue weighted by atomic mass is 19.3. The quantitative estimate of drug-likeness (QED) is 0.161. The van der Waals surface area contributed by atoms with Crippen molar-refractivity contribution in [3.05, 3.63) is 76.2 Å². The minimum Gasteiger partial charge on any atom is -0.381 e. The van der Waals surface area contributed by atoms with Gasteiger partial charge in [0, 0.05) is 92.7 Å². The molecule has 7 heterocycles. The maximum absolute atomic E-state index is 15.0. The summed E-state index contributed by atoms with van der Waals surface area (Å²) in [6.45, 7) is 3.07. The van der Waals surface area contributed by atoms with Crippen molar-refractivity contribution in [2.45, 2.75) is 76.5 Å². The number of rotatable bonds is 11. The number of carbonyl (C=O) groups excluding carboxylic acids is 6. The van der Waals surface area contributed by atoms with Gasteiger partial charge in [-0.25, -0.2) is 13.6 Å². The van der Waals surface area contributed by atoms with E-state index in [0.717, 1.165) is 41.0 Å². The van der Waals surface area contributed by atoms with Crippen LogP contribution in [0.25, 0.3) is 11.1 Å². The third kappa shape index (κ3) is 7.98. The molecule has 7 amide bonds. The monoisotopic (exact) mass is 867 g/mol. The van der Waals surface area contributed by atoms with E-state index >= 15 is 0 Å². The van der Waals surface area contributed by atoms with Crippen LogP contribution in [0.4, 0.5) is 30.8 Å². The SMILES string of the molecule is CNC(=O)N1CCc2c(c(N3CCCc4cc(-c5cnn(CCNC(=O)CNc6ccc7c(c6)C(=O)N(C6CCC(=O)NC6=O)C7=O)c5)c(C(F)F)cc43)nn2C2CCOCC2)C1. The van der Waals surface area contributed by atoms with Crippen LogP contribution in [0.2, 0.25) is 0 Å². The Bertz CT molecular complexity index is 2510. The summed E-state index contributed by atoms with van der Waals surface area (Å²) in [5.41, 5.74) is 4.98. The molecule has 9 rings (SSSR count). The number of benzene rings is 2. The number of piperidine rings is 1. The van der Waals surface area contributed by atoms with Crippen LogP contribution in [0.5, 0.6) is 0 Å². The van der Waals surface area contributed by atoms with Gasteiger partial charge in [0.15, 0.2) is 5.82 Å². The number of amides is 7. The summed E-state index contributed by atoms with van der Waals surface area (Å²) < 4.78 is 39.3. The van der Waals surface area contributed by atoms with E-state index in [9.17, 15) is 37.5 Å². The van der Waals surface area contributed by atoms with Crippen LogP contribution in [0, 0.1) is 0 Å². The molecular weight excluding hydrogens is 821 g/mol. The van der Waals surface area contributed by atoms with Crippen LogP contribution in [0.1, 0.15) is 87.7 Å². The summed E-state index contributed by atoms with van der Waals surface area (Å²) in [6, 6.07) is 6.74. The highest BCUT2D eigenvalue weighted by molar-refractivity contribution is 6.23. The summed E-state index contributed by atoms with van der Waals surface area (Å²) in [6.07, 6.45) is 4.23. The van der Waals surface area contributed by atoms with E-state index in [1.54, 1.807) is 35.0 Å². The first-order valence-electron chi connectivity index (χ1n) is 21.2. The predicted molar refractivity (Wildman–Crippen MR) is 222 cm³/mol. The number of halogens is 2. The van der Waals surface area contributed by atoms with E-state index in [4.69, 9.17) is 9.84 Å². The van der Waals surface area contributed by atoms with Crippen LogP contribution in [0.3, 0.4) is 0 Å². The molecule has 0 aliphatic carbocycles. The van der Waals surface area contributed by atoms with E-state index in [0.29, 0.717) is 74.0 Å². The second-order valence-electron chi connectivity index (χ2n) is 16.3. The number of ether oxygens (including phenoxy) is 1. The number of aryl methyl sites for hydroxylation is 1. The Balaban J connectivity index is 0.857. The summed E-state index contributed by atoms with van der Waals surface area (Å²) in [7, 11) is 1.61. The van der Waals surface area contributed by atoms with Gasteiger partial charge in [-0.05, 0) is 73.6 Å². The minimum atomic E-state index is -2.78. The molecule has 63 heavy (non-hydrogen) atoms. The summed E-state index contributed by atoms with van der Waals surface area (Å²) in [5, 5.41) is 20.2. The molecule has 2 saturated heterocycles. The second kappa shape index (κ2) is 17.2. The molecule has 5 aliphatic heterocycles. The van der Waals surface area contributed by atoms with Crippen molar-refractivity contribution < 1.29 is 42.3 Å². The molecule has 18 nitrogen and oxygen atoms in total. The molecular formula is C43H47F2N11O7. The van der Waals surface area contributed by atoms with Gasteiger partial charge < -0.3 is 30.5 Å². The fourth-order valence-corrected chi connectivity index (χ4v) is 9.27. The van der Waals surface area contributed by atoms with Gasteiger partial charge in [0.2, 0.25) is 17.7 Å². The standard InChI is InChI=1S/C43H47F2N11O7/c1-46-43(62)52-13-8-33-32(23-52)39(51-56(33)27-9-15-63-16-10-27)54-12-2-3-24-17-29(30(38(44)45)19-35(24)54)25-20-49-53(22-25)14-11-47-37(58)21-48-26-4-5-28-31(18-26)42(61)55(41(28)60)34-6-7-36(57)50-40(34)59/h4-5,17-20,22,27,34,38,48H,2-3,6-16,21,23H2,1H3,(H,46,62)(H,47,58)(H,50,57,59). The molecule has 2 aromatic heterocycles. The fraction of sp³-hybridized carbons (Fsp3) is 0.442. The zero-order valence-electron chi connectivity index (χ0n) is 34.6. The van der Waals surface area contributed by atoms with Crippen molar-refractivity contribution in [1.29, 1.82) is 0 Å². The van der Waals surface area contributed by atoms with E-state index in [1.807, 2.05) is 11.0 Å². The van der Waals surface area contributed by atoms with E-state index in [1.165, 1.54) is 18.3 Å². The number of fused-ring (bicyclic) bond motifs is 3.